The number of rotatable bonds is 11. The lowest BCUT2D eigenvalue weighted by atomic mass is 10.1. The molecule has 0 atom stereocenters. The summed E-state index contributed by atoms with van der Waals surface area (Å²) >= 11 is 0. The first kappa shape index (κ1) is 20.6. The summed E-state index contributed by atoms with van der Waals surface area (Å²) in [4.78, 5) is 15.4. The number of amides is 1. The number of aromatic amines is 1. The molecule has 5 nitrogen and oxygen atoms in total. The molecule has 3 rings (SSSR count). The van der Waals surface area contributed by atoms with E-state index < -0.39 is 0 Å². The van der Waals surface area contributed by atoms with Gasteiger partial charge < -0.3 is 9.72 Å². The van der Waals surface area contributed by atoms with Crippen LogP contribution in [0.5, 0.6) is 5.75 Å². The second-order valence-electron chi connectivity index (χ2n) is 7.13. The second kappa shape index (κ2) is 11.1. The van der Waals surface area contributed by atoms with E-state index in [0.717, 1.165) is 35.2 Å². The minimum atomic E-state index is -0.238. The highest BCUT2D eigenvalue weighted by molar-refractivity contribution is 6.06. The first-order valence-electron chi connectivity index (χ1n) is 10.4. The van der Waals surface area contributed by atoms with Crippen molar-refractivity contribution in [2.75, 3.05) is 6.61 Å². The van der Waals surface area contributed by atoms with Gasteiger partial charge in [0.2, 0.25) is 0 Å². The number of hydrazone groups is 1. The van der Waals surface area contributed by atoms with Crippen molar-refractivity contribution in [1.82, 2.24) is 10.4 Å². The van der Waals surface area contributed by atoms with Gasteiger partial charge in [0.15, 0.2) is 0 Å². The predicted molar refractivity (Wildman–Crippen MR) is 119 cm³/mol. The number of aromatic nitrogens is 1. The summed E-state index contributed by atoms with van der Waals surface area (Å²) in [6, 6.07) is 15.4. The third-order valence-corrected chi connectivity index (χ3v) is 4.86. The minimum Gasteiger partial charge on any atom is -0.494 e. The Morgan fingerprint density at radius 1 is 1.03 bits per heavy atom. The number of hydrogen-bond donors (Lipinski definition) is 2. The highest BCUT2D eigenvalue weighted by atomic mass is 16.5. The first-order valence-corrected chi connectivity index (χ1v) is 10.4. The van der Waals surface area contributed by atoms with Crippen molar-refractivity contribution < 1.29 is 9.53 Å². The molecule has 0 spiro atoms. The molecule has 0 saturated carbocycles. The van der Waals surface area contributed by atoms with Crippen molar-refractivity contribution >= 4 is 23.0 Å². The zero-order valence-electron chi connectivity index (χ0n) is 17.0. The normalized spacial score (nSPS) is 11.2. The van der Waals surface area contributed by atoms with Crippen LogP contribution >= 0.6 is 0 Å². The van der Waals surface area contributed by atoms with E-state index in [4.69, 9.17) is 4.74 Å². The van der Waals surface area contributed by atoms with Crippen LogP contribution < -0.4 is 10.2 Å². The topological polar surface area (TPSA) is 66.5 Å². The number of fused-ring (bicyclic) bond motifs is 1. The molecule has 1 heterocycles. The molecular formula is C24H29N3O2. The molecule has 0 aliphatic rings. The van der Waals surface area contributed by atoms with Crippen LogP contribution in [0.15, 0.2) is 59.8 Å². The summed E-state index contributed by atoms with van der Waals surface area (Å²) in [6.45, 7) is 2.98. The van der Waals surface area contributed by atoms with E-state index in [0.29, 0.717) is 5.56 Å². The number of hydrogen-bond acceptors (Lipinski definition) is 3. The number of para-hydroxylation sites is 1. The molecule has 152 valence electrons. The van der Waals surface area contributed by atoms with Crippen LogP contribution in [0.2, 0.25) is 0 Å². The molecule has 3 aromatic rings. The zero-order valence-corrected chi connectivity index (χ0v) is 17.0. The van der Waals surface area contributed by atoms with Crippen molar-refractivity contribution in [3.05, 3.63) is 65.9 Å². The minimum absolute atomic E-state index is 0.238. The van der Waals surface area contributed by atoms with Gasteiger partial charge in [0.05, 0.1) is 18.4 Å². The molecule has 0 saturated heterocycles. The Labute approximate surface area is 172 Å². The van der Waals surface area contributed by atoms with Crippen LogP contribution in [0.1, 0.15) is 61.4 Å². The number of unbranched alkanes of at least 4 members (excludes halogenated alkanes) is 5. The molecule has 0 bridgehead atoms. The van der Waals surface area contributed by atoms with Gasteiger partial charge in [-0.1, -0.05) is 57.2 Å². The largest absolute Gasteiger partial charge is 0.494 e. The van der Waals surface area contributed by atoms with Gasteiger partial charge in [-0.25, -0.2) is 5.43 Å². The fourth-order valence-corrected chi connectivity index (χ4v) is 3.21. The third-order valence-electron chi connectivity index (χ3n) is 4.86. The fraction of sp³-hybridized carbons (Fsp3) is 0.333. The number of nitrogens with one attached hydrogen (secondary N) is 2. The predicted octanol–water partition coefficient (Wildman–Crippen LogP) is 5.67. The molecule has 0 aliphatic carbocycles. The Balaban J connectivity index is 1.42. The Bertz CT molecular complexity index is 929. The van der Waals surface area contributed by atoms with Gasteiger partial charge in [0.25, 0.3) is 5.91 Å². The van der Waals surface area contributed by atoms with Crippen LogP contribution in [0, 0.1) is 0 Å². The monoisotopic (exact) mass is 391 g/mol. The quantitative estimate of drug-likeness (QED) is 0.251. The maximum absolute atomic E-state index is 12.3. The molecule has 0 unspecified atom stereocenters. The first-order chi connectivity index (χ1) is 14.3. The molecule has 0 radical (unpaired) electrons. The van der Waals surface area contributed by atoms with Crippen molar-refractivity contribution in [3.63, 3.8) is 0 Å². The van der Waals surface area contributed by atoms with Crippen LogP contribution in [0.3, 0.4) is 0 Å². The number of carbonyl (C=O) groups is 1. The van der Waals surface area contributed by atoms with Crippen molar-refractivity contribution in [2.45, 2.75) is 45.4 Å². The van der Waals surface area contributed by atoms with E-state index in [1.165, 1.54) is 32.1 Å². The lowest BCUT2D eigenvalue weighted by molar-refractivity contribution is 0.0957. The Hall–Kier alpha value is -3.08. The summed E-state index contributed by atoms with van der Waals surface area (Å²) in [5.41, 5.74) is 4.99. The van der Waals surface area contributed by atoms with E-state index >= 15 is 0 Å². The number of nitrogens with zero attached hydrogens (tertiary/aromatic N) is 1. The van der Waals surface area contributed by atoms with Gasteiger partial charge in [-0.05, 0) is 42.3 Å². The molecule has 1 amide bonds. The lowest BCUT2D eigenvalue weighted by Crippen LogP contribution is -2.17. The lowest BCUT2D eigenvalue weighted by Gasteiger charge is -2.06. The van der Waals surface area contributed by atoms with Gasteiger partial charge in [-0.15, -0.1) is 0 Å². The summed E-state index contributed by atoms with van der Waals surface area (Å²) < 4.78 is 5.78. The summed E-state index contributed by atoms with van der Waals surface area (Å²) in [6.07, 6.45) is 10.9. The molecule has 2 N–H and O–H groups in total. The molecule has 0 aliphatic heterocycles. The number of benzene rings is 2. The van der Waals surface area contributed by atoms with Crippen molar-refractivity contribution in [1.29, 1.82) is 0 Å². The van der Waals surface area contributed by atoms with Crippen molar-refractivity contribution in [2.24, 2.45) is 5.10 Å². The molecular weight excluding hydrogens is 362 g/mol. The number of carbonyl (C=O) groups excluding carboxylic acids is 1. The standard InChI is InChI=1S/C24H29N3O2/c1-2-3-4-5-6-9-16-29-20-14-12-19(13-15-20)17-26-27-24(28)22-18-25-23-11-8-7-10-21(22)23/h7-8,10-15,17-18,25H,2-6,9,16H2,1H3,(H,27,28)/b26-17-. The Morgan fingerprint density at radius 3 is 2.62 bits per heavy atom. The maximum atomic E-state index is 12.3. The Morgan fingerprint density at radius 2 is 1.79 bits per heavy atom. The maximum Gasteiger partial charge on any atom is 0.273 e. The number of ether oxygens (including phenoxy) is 1. The molecule has 1 aromatic heterocycles. The molecule has 0 fully saturated rings. The smallest absolute Gasteiger partial charge is 0.273 e. The van der Waals surface area contributed by atoms with Gasteiger partial charge in [0.1, 0.15) is 5.75 Å². The third kappa shape index (κ3) is 6.21. The summed E-state index contributed by atoms with van der Waals surface area (Å²) in [7, 11) is 0. The molecule has 5 heteroatoms. The van der Waals surface area contributed by atoms with E-state index in [1.54, 1.807) is 12.4 Å². The molecule has 29 heavy (non-hydrogen) atoms. The van der Waals surface area contributed by atoms with Gasteiger partial charge in [-0.2, -0.15) is 5.10 Å². The van der Waals surface area contributed by atoms with Crippen LogP contribution in [-0.2, 0) is 0 Å². The average molecular weight is 392 g/mol. The highest BCUT2D eigenvalue weighted by Gasteiger charge is 2.10. The van der Waals surface area contributed by atoms with E-state index in [2.05, 4.69) is 22.4 Å². The zero-order chi connectivity index (χ0) is 20.3. The summed E-state index contributed by atoms with van der Waals surface area (Å²) in [5.74, 6) is 0.621. The van der Waals surface area contributed by atoms with Crippen LogP contribution in [0.4, 0.5) is 0 Å². The summed E-state index contributed by atoms with van der Waals surface area (Å²) in [5, 5.41) is 4.95. The van der Waals surface area contributed by atoms with Gasteiger partial charge in [0, 0.05) is 17.1 Å². The second-order valence-corrected chi connectivity index (χ2v) is 7.13. The van der Waals surface area contributed by atoms with Crippen LogP contribution in [-0.4, -0.2) is 23.7 Å². The van der Waals surface area contributed by atoms with E-state index in [1.807, 2.05) is 48.5 Å². The van der Waals surface area contributed by atoms with E-state index in [9.17, 15) is 4.79 Å². The van der Waals surface area contributed by atoms with Gasteiger partial charge in [-0.3, -0.25) is 4.79 Å². The van der Waals surface area contributed by atoms with E-state index in [-0.39, 0.29) is 5.91 Å². The Kier molecular flexibility index (Phi) is 7.87. The van der Waals surface area contributed by atoms with Crippen LogP contribution in [0.25, 0.3) is 10.9 Å². The highest BCUT2D eigenvalue weighted by Crippen LogP contribution is 2.17. The SMILES string of the molecule is CCCCCCCCOc1ccc(/C=N\NC(=O)c2c[nH]c3ccccc23)cc1. The fourth-order valence-electron chi connectivity index (χ4n) is 3.21. The average Bonchev–Trinajstić information content (AvgIpc) is 3.18. The molecule has 2 aromatic carbocycles. The van der Waals surface area contributed by atoms with Crippen molar-refractivity contribution in [3.8, 4) is 5.75 Å². The number of H-pyrrole nitrogens is 1. The van der Waals surface area contributed by atoms with Gasteiger partial charge >= 0.3 is 0 Å².